The van der Waals surface area contributed by atoms with Gasteiger partial charge in [-0.2, -0.15) is 0 Å². The Hall–Kier alpha value is -1.13. The van der Waals surface area contributed by atoms with Crippen molar-refractivity contribution in [1.29, 1.82) is 0 Å². The first kappa shape index (κ1) is 15.9. The second-order valence-corrected chi connectivity index (χ2v) is 6.67. The number of carbonyl (C=O) groups excluding carboxylic acids is 1. The molecule has 0 bridgehead atoms. The molecule has 19 heavy (non-hydrogen) atoms. The highest BCUT2D eigenvalue weighted by Gasteiger charge is 2.18. The summed E-state index contributed by atoms with van der Waals surface area (Å²) in [6, 6.07) is 3.15. The number of halogens is 1. The fourth-order valence-corrected chi connectivity index (χ4v) is 3.09. The summed E-state index contributed by atoms with van der Waals surface area (Å²) in [7, 11) is -3.39. The van der Waals surface area contributed by atoms with E-state index in [1.165, 1.54) is 6.07 Å². The number of hydrogen-bond donors (Lipinski definition) is 0. The first-order chi connectivity index (χ1) is 8.81. The van der Waals surface area contributed by atoms with Crippen LogP contribution < -0.4 is 0 Å². The first-order valence-corrected chi connectivity index (χ1v) is 8.24. The molecule has 5 heteroatoms. The molecule has 0 heterocycles. The van der Waals surface area contributed by atoms with Crippen LogP contribution in [0.5, 0.6) is 0 Å². The Bertz CT molecular complexity index is 603. The van der Waals surface area contributed by atoms with Crippen LogP contribution in [-0.2, 0) is 22.7 Å². The standard InChI is InChI=1S/C14H17ClO3S/c1-4-6-7-11-8-10(5-2)12(14(15)16)9-13(11)19(3,17)18/h4,8-9H,1,5-7H2,2-3H3. The second-order valence-electron chi connectivity index (χ2n) is 4.34. The average molecular weight is 301 g/mol. The zero-order valence-electron chi connectivity index (χ0n) is 11.1. The Morgan fingerprint density at radius 2 is 2.00 bits per heavy atom. The van der Waals surface area contributed by atoms with Crippen molar-refractivity contribution in [3.8, 4) is 0 Å². The first-order valence-electron chi connectivity index (χ1n) is 5.97. The van der Waals surface area contributed by atoms with Crippen molar-refractivity contribution in [3.63, 3.8) is 0 Å². The maximum absolute atomic E-state index is 11.8. The Morgan fingerprint density at radius 3 is 2.42 bits per heavy atom. The van der Waals surface area contributed by atoms with Gasteiger partial charge in [-0.25, -0.2) is 8.42 Å². The number of rotatable bonds is 6. The molecule has 1 rings (SSSR count). The molecule has 0 amide bonds. The van der Waals surface area contributed by atoms with Crippen molar-refractivity contribution in [2.45, 2.75) is 31.1 Å². The second kappa shape index (κ2) is 6.35. The van der Waals surface area contributed by atoms with Crippen LogP contribution in [0.2, 0.25) is 0 Å². The van der Waals surface area contributed by atoms with Gasteiger partial charge in [-0.3, -0.25) is 4.79 Å². The molecule has 0 aliphatic rings. The van der Waals surface area contributed by atoms with Gasteiger partial charge in [0.15, 0.2) is 9.84 Å². The van der Waals surface area contributed by atoms with E-state index in [0.717, 1.165) is 11.8 Å². The van der Waals surface area contributed by atoms with Crippen molar-refractivity contribution >= 4 is 26.7 Å². The lowest BCUT2D eigenvalue weighted by molar-refractivity contribution is 0.108. The Balaban J connectivity index is 3.52. The Morgan fingerprint density at radius 1 is 1.37 bits per heavy atom. The van der Waals surface area contributed by atoms with Crippen molar-refractivity contribution in [1.82, 2.24) is 0 Å². The molecule has 0 unspecified atom stereocenters. The minimum Gasteiger partial charge on any atom is -0.276 e. The summed E-state index contributed by atoms with van der Waals surface area (Å²) in [6.45, 7) is 5.53. The van der Waals surface area contributed by atoms with E-state index in [1.807, 2.05) is 6.92 Å². The van der Waals surface area contributed by atoms with Gasteiger partial charge in [-0.05, 0) is 48.1 Å². The molecular formula is C14H17ClO3S. The summed E-state index contributed by atoms with van der Waals surface area (Å²) in [4.78, 5) is 11.6. The SMILES string of the molecule is C=CCCc1cc(CC)c(C(=O)Cl)cc1S(C)(=O)=O. The predicted molar refractivity (Wildman–Crippen MR) is 77.6 cm³/mol. The highest BCUT2D eigenvalue weighted by molar-refractivity contribution is 7.90. The van der Waals surface area contributed by atoms with Crippen LogP contribution in [0.15, 0.2) is 29.7 Å². The molecule has 0 atom stereocenters. The average Bonchev–Trinajstić information content (AvgIpc) is 2.33. The van der Waals surface area contributed by atoms with E-state index in [-0.39, 0.29) is 10.5 Å². The van der Waals surface area contributed by atoms with Gasteiger partial charge in [0.25, 0.3) is 5.24 Å². The lowest BCUT2D eigenvalue weighted by Crippen LogP contribution is -2.07. The molecule has 0 saturated carbocycles. The lowest BCUT2D eigenvalue weighted by Gasteiger charge is -2.12. The monoisotopic (exact) mass is 300 g/mol. The topological polar surface area (TPSA) is 51.2 Å². The third-order valence-corrected chi connectivity index (χ3v) is 4.28. The van der Waals surface area contributed by atoms with Crippen LogP contribution >= 0.6 is 11.6 Å². The molecule has 0 N–H and O–H groups in total. The van der Waals surface area contributed by atoms with E-state index in [9.17, 15) is 13.2 Å². The normalized spacial score (nSPS) is 11.3. The highest BCUT2D eigenvalue weighted by atomic mass is 35.5. The molecule has 0 fully saturated rings. The van der Waals surface area contributed by atoms with Crippen LogP contribution in [0.4, 0.5) is 0 Å². The van der Waals surface area contributed by atoms with Crippen LogP contribution in [0.1, 0.15) is 34.8 Å². The van der Waals surface area contributed by atoms with E-state index in [1.54, 1.807) is 12.1 Å². The van der Waals surface area contributed by atoms with Gasteiger partial charge in [0.1, 0.15) is 0 Å². The van der Waals surface area contributed by atoms with Crippen molar-refractivity contribution < 1.29 is 13.2 Å². The molecule has 0 aromatic heterocycles. The number of sulfone groups is 1. The van der Waals surface area contributed by atoms with Crippen LogP contribution in [-0.4, -0.2) is 19.9 Å². The van der Waals surface area contributed by atoms with E-state index in [0.29, 0.717) is 24.8 Å². The minimum atomic E-state index is -3.39. The third kappa shape index (κ3) is 3.91. The fourth-order valence-electron chi connectivity index (χ4n) is 1.95. The zero-order valence-corrected chi connectivity index (χ0v) is 12.6. The summed E-state index contributed by atoms with van der Waals surface area (Å²) in [6.07, 6.45) is 4.75. The Kier molecular flexibility index (Phi) is 5.32. The summed E-state index contributed by atoms with van der Waals surface area (Å²) < 4.78 is 23.6. The molecule has 0 aliphatic carbocycles. The molecule has 1 aromatic rings. The third-order valence-electron chi connectivity index (χ3n) is 2.90. The van der Waals surface area contributed by atoms with Crippen LogP contribution in [0.25, 0.3) is 0 Å². The number of hydrogen-bond acceptors (Lipinski definition) is 3. The van der Waals surface area contributed by atoms with Gasteiger partial charge < -0.3 is 0 Å². The van der Waals surface area contributed by atoms with Gasteiger partial charge >= 0.3 is 0 Å². The van der Waals surface area contributed by atoms with Gasteiger partial charge in [-0.1, -0.05) is 19.1 Å². The maximum Gasteiger partial charge on any atom is 0.252 e. The minimum absolute atomic E-state index is 0.176. The zero-order chi connectivity index (χ0) is 14.6. The summed E-state index contributed by atoms with van der Waals surface area (Å²) in [5.41, 5.74) is 1.75. The number of benzene rings is 1. The van der Waals surface area contributed by atoms with Gasteiger partial charge in [-0.15, -0.1) is 6.58 Å². The molecule has 1 aromatic carbocycles. The van der Waals surface area contributed by atoms with Crippen molar-refractivity contribution in [2.75, 3.05) is 6.26 Å². The van der Waals surface area contributed by atoms with E-state index < -0.39 is 15.1 Å². The quantitative estimate of drug-likeness (QED) is 0.599. The molecule has 0 spiro atoms. The van der Waals surface area contributed by atoms with Crippen LogP contribution in [0, 0.1) is 0 Å². The van der Waals surface area contributed by atoms with Crippen LogP contribution in [0.3, 0.4) is 0 Å². The van der Waals surface area contributed by atoms with Gasteiger partial charge in [0.05, 0.1) is 4.90 Å². The van der Waals surface area contributed by atoms with Gasteiger partial charge in [0, 0.05) is 11.8 Å². The molecule has 3 nitrogen and oxygen atoms in total. The maximum atomic E-state index is 11.8. The smallest absolute Gasteiger partial charge is 0.252 e. The molecule has 0 radical (unpaired) electrons. The summed E-state index contributed by atoms with van der Waals surface area (Å²) in [5.74, 6) is 0. The van der Waals surface area contributed by atoms with Crippen molar-refractivity contribution in [2.24, 2.45) is 0 Å². The number of allylic oxidation sites excluding steroid dienone is 1. The van der Waals surface area contributed by atoms with E-state index >= 15 is 0 Å². The van der Waals surface area contributed by atoms with Gasteiger partial charge in [0.2, 0.25) is 0 Å². The highest BCUT2D eigenvalue weighted by Crippen LogP contribution is 2.24. The number of aryl methyl sites for hydroxylation is 2. The fraction of sp³-hybridized carbons (Fsp3) is 0.357. The predicted octanol–water partition coefficient (Wildman–Crippen LogP) is 3.15. The molecule has 0 saturated heterocycles. The lowest BCUT2D eigenvalue weighted by atomic mass is 10.00. The number of carbonyl (C=O) groups is 1. The largest absolute Gasteiger partial charge is 0.276 e. The van der Waals surface area contributed by atoms with Crippen molar-refractivity contribution in [3.05, 3.63) is 41.5 Å². The summed E-state index contributed by atoms with van der Waals surface area (Å²) >= 11 is 5.52. The summed E-state index contributed by atoms with van der Waals surface area (Å²) in [5, 5.41) is -0.628. The Labute approximate surface area is 119 Å². The molecule has 0 aliphatic heterocycles. The molecular weight excluding hydrogens is 284 g/mol. The molecule has 104 valence electrons. The van der Waals surface area contributed by atoms with E-state index in [2.05, 4.69) is 6.58 Å². The van der Waals surface area contributed by atoms with E-state index in [4.69, 9.17) is 11.6 Å².